The Morgan fingerprint density at radius 3 is 1.53 bits per heavy atom. The first kappa shape index (κ1) is 29.3. The summed E-state index contributed by atoms with van der Waals surface area (Å²) in [5.74, 6) is 0. The standard InChI is InChI=1S/C8H14F3O2.4Rf/c1-6(8(9,10)11)12-5-13-7(2,3)4;;;;/h5H2,1-4H3;;;;/q-1;;;;. The molecule has 0 aromatic carbocycles. The summed E-state index contributed by atoms with van der Waals surface area (Å²) >= 11 is 0. The minimum atomic E-state index is -4.40. The van der Waals surface area contributed by atoms with Crippen LogP contribution in [-0.4, -0.2) is 18.6 Å². The van der Waals surface area contributed by atoms with Crippen molar-refractivity contribution in [3.05, 3.63) is 6.10 Å². The SMILES string of the molecule is C[C-](OCOC(C)(C)C)C(F)(F)F.[Rf].[Rf].[Rf].[Rf]. The molecule has 0 N–H and O–H groups in total. The van der Waals surface area contributed by atoms with Gasteiger partial charge >= 0.3 is 0 Å². The van der Waals surface area contributed by atoms with Crippen LogP contribution in [0.3, 0.4) is 0 Å². The normalized spacial score (nSPS) is 10.6. The first-order valence-corrected chi connectivity index (χ1v) is 3.80. The molecule has 0 spiro atoms. The Balaban J connectivity index is -0.000000120. The molecule has 2 nitrogen and oxygen atoms in total. The van der Waals surface area contributed by atoms with E-state index in [4.69, 9.17) is 4.74 Å². The first-order valence-electron chi connectivity index (χ1n) is 3.80. The van der Waals surface area contributed by atoms with Crippen LogP contribution in [-0.2, 0) is 9.47 Å². The summed E-state index contributed by atoms with van der Waals surface area (Å²) in [5, 5.41) is 0. The smallest absolute Gasteiger partial charge is 0.294 e. The predicted octanol–water partition coefficient (Wildman–Crippen LogP) is 2.89. The van der Waals surface area contributed by atoms with E-state index in [2.05, 4.69) is 4.74 Å². The predicted molar refractivity (Wildman–Crippen MR) is 41.8 cm³/mol. The Bertz CT molecular complexity index is 162. The second kappa shape index (κ2) is 7.15. The second-order valence-electron chi connectivity index (χ2n) is 3.57. The van der Waals surface area contributed by atoms with E-state index in [1.54, 1.807) is 20.8 Å². The maximum atomic E-state index is 11.9. The molecule has 9 heteroatoms. The average molecular weight is 1270 g/mol. The monoisotopic (exact) mass is 1270 g/mol. The third-order valence-corrected chi connectivity index (χ3v) is 1.17. The summed E-state index contributed by atoms with van der Waals surface area (Å²) in [6.07, 6.45) is -5.39. The van der Waals surface area contributed by atoms with Gasteiger partial charge in [-0.15, -0.1) is 0 Å². The van der Waals surface area contributed by atoms with Crippen molar-refractivity contribution in [2.45, 2.75) is 39.5 Å². The molecule has 0 amide bonds. The Labute approximate surface area is 76.0 Å². The van der Waals surface area contributed by atoms with Gasteiger partial charge in [-0.05, 0) is 20.8 Å². The molecule has 88 valence electrons. The Hall–Kier alpha value is -4.29. The molecular weight excluding hydrogens is 1250 g/mol. The fraction of sp³-hybridized carbons (Fsp3) is 0.875. The van der Waals surface area contributed by atoms with E-state index >= 15 is 0 Å². The molecule has 0 aliphatic carbocycles. The Morgan fingerprint density at radius 2 is 1.29 bits per heavy atom. The van der Waals surface area contributed by atoms with Crippen LogP contribution < -0.4 is 0 Å². The van der Waals surface area contributed by atoms with Gasteiger partial charge in [0.2, 0.25) is 0 Å². The van der Waals surface area contributed by atoms with Crippen molar-refractivity contribution in [1.82, 2.24) is 0 Å². The van der Waals surface area contributed by atoms with Crippen molar-refractivity contribution in [3.63, 3.8) is 0 Å². The van der Waals surface area contributed by atoms with Crippen molar-refractivity contribution in [2.24, 2.45) is 0 Å². The minimum absolute atomic E-state index is 0. The van der Waals surface area contributed by atoms with Crippen LogP contribution in [0.5, 0.6) is 0 Å². The molecule has 0 aliphatic heterocycles. The van der Waals surface area contributed by atoms with E-state index in [1.165, 1.54) is 0 Å². The number of rotatable bonds is 3. The summed E-state index contributed by atoms with van der Waals surface area (Å²) in [6.45, 7) is 5.69. The molecule has 0 aromatic heterocycles. The van der Waals surface area contributed by atoms with Crippen LogP contribution >= 0.6 is 0 Å². The summed E-state index contributed by atoms with van der Waals surface area (Å²) < 4.78 is 44.9. The number of hydrogen-bond donors (Lipinski definition) is 0. The third kappa shape index (κ3) is 14.6. The summed E-state index contributed by atoms with van der Waals surface area (Å²) in [4.78, 5) is 0. The van der Waals surface area contributed by atoms with Gasteiger partial charge in [0.15, 0.2) is 0 Å². The number of hydrogen-bond acceptors (Lipinski definition) is 2. The number of alkyl halides is 3. The zero-order valence-electron chi connectivity index (χ0n) is 11.0. The zero-order valence-corrected chi connectivity index (χ0v) is 36.6. The molecule has 0 saturated heterocycles. The molecule has 0 atom stereocenters. The minimum Gasteiger partial charge on any atom is -0.521 e. The van der Waals surface area contributed by atoms with Crippen molar-refractivity contribution in [3.8, 4) is 0 Å². The van der Waals surface area contributed by atoms with Gasteiger partial charge in [-0.3, -0.25) is 0 Å². The number of ether oxygens (including phenoxy) is 2. The van der Waals surface area contributed by atoms with Gasteiger partial charge in [-0.2, -0.15) is 6.92 Å². The van der Waals surface area contributed by atoms with Crippen LogP contribution in [0, 0.1) is 6.10 Å². The molecular formula is C8H14F3O2Rf4-. The van der Waals surface area contributed by atoms with E-state index < -0.39 is 17.9 Å². The molecule has 0 rings (SSSR count). The van der Waals surface area contributed by atoms with Crippen molar-refractivity contribution >= 4 is 0 Å². The fourth-order valence-electron chi connectivity index (χ4n) is 0.376. The molecule has 0 unspecified atom stereocenters. The van der Waals surface area contributed by atoms with Crippen molar-refractivity contribution < 1.29 is 22.6 Å². The number of halogens is 3. The maximum Gasteiger partial charge on any atom is 0.294 e. The topological polar surface area (TPSA) is 18.5 Å². The van der Waals surface area contributed by atoms with Gasteiger partial charge < -0.3 is 9.47 Å². The molecule has 0 aliphatic rings. The molecule has 0 saturated carbocycles. The van der Waals surface area contributed by atoms with Gasteiger partial charge in [-0.25, -0.2) is 13.2 Å². The first-order chi connectivity index (χ1) is 5.63. The van der Waals surface area contributed by atoms with E-state index in [9.17, 15) is 13.2 Å². The van der Waals surface area contributed by atoms with Crippen LogP contribution in [0.25, 0.3) is 0 Å². The average Bonchev–Trinajstić information content (AvgIpc) is 1.82. The zero-order chi connectivity index (χ0) is 10.7. The Kier molecular flexibility index (Phi) is 12.3. The molecule has 0 heterocycles. The van der Waals surface area contributed by atoms with Crippen LogP contribution in [0.15, 0.2) is 0 Å². The Morgan fingerprint density at radius 1 is 0.941 bits per heavy atom. The molecule has 0 radical (unpaired) electrons. The summed E-state index contributed by atoms with van der Waals surface area (Å²) in [7, 11) is 0. The van der Waals surface area contributed by atoms with E-state index in [0.29, 0.717) is 0 Å². The summed E-state index contributed by atoms with van der Waals surface area (Å²) in [6, 6.07) is 0. The van der Waals surface area contributed by atoms with Gasteiger partial charge in [-0.1, -0.05) is 6.10 Å². The quantitative estimate of drug-likeness (QED) is 0.321. The molecule has 0 fully saturated rings. The van der Waals surface area contributed by atoms with E-state index in [-0.39, 0.29) is 6.79 Å². The van der Waals surface area contributed by atoms with Crippen molar-refractivity contribution in [2.75, 3.05) is 6.79 Å². The largest absolute Gasteiger partial charge is 0.521 e. The second-order valence-corrected chi connectivity index (χ2v) is 3.57. The molecule has 0 bridgehead atoms. The van der Waals surface area contributed by atoms with E-state index in [0.717, 1.165) is 6.92 Å². The van der Waals surface area contributed by atoms with Crippen LogP contribution in [0.2, 0.25) is 0 Å². The van der Waals surface area contributed by atoms with Gasteiger partial charge in [0.05, 0.1) is 5.60 Å². The van der Waals surface area contributed by atoms with Crippen LogP contribution in [0.1, 0.15) is 27.7 Å². The maximum absolute atomic E-state index is 11.9. The summed E-state index contributed by atoms with van der Waals surface area (Å²) in [5.41, 5.74) is -0.494. The van der Waals surface area contributed by atoms with Gasteiger partial charge in [0.25, 0.3) is 6.18 Å². The van der Waals surface area contributed by atoms with Gasteiger partial charge in [0.1, 0.15) is 6.79 Å². The molecule has 0 aromatic rings. The van der Waals surface area contributed by atoms with E-state index in [1.807, 2.05) is 0 Å². The fourth-order valence-corrected chi connectivity index (χ4v) is 0.376. The van der Waals surface area contributed by atoms with Gasteiger partial charge in [0, 0.05) is 0 Å². The van der Waals surface area contributed by atoms with Crippen LogP contribution in [0.4, 0.5) is 13.2 Å². The molecule has 17 heavy (non-hydrogen) atoms. The van der Waals surface area contributed by atoms with Crippen molar-refractivity contribution in [1.29, 1.82) is 0 Å². The third-order valence-electron chi connectivity index (χ3n) is 1.17.